The van der Waals surface area contributed by atoms with Crippen molar-refractivity contribution in [3.8, 4) is 11.3 Å². The van der Waals surface area contributed by atoms with Gasteiger partial charge in [-0.05, 0) is 37.6 Å². The van der Waals surface area contributed by atoms with Crippen LogP contribution in [0.4, 0.5) is 4.39 Å². The fourth-order valence-corrected chi connectivity index (χ4v) is 2.66. The number of aryl methyl sites for hydroxylation is 2. The van der Waals surface area contributed by atoms with Gasteiger partial charge in [-0.25, -0.2) is 9.37 Å². The van der Waals surface area contributed by atoms with Crippen molar-refractivity contribution in [2.45, 2.75) is 20.3 Å². The molecule has 17 heavy (non-hydrogen) atoms. The van der Waals surface area contributed by atoms with Crippen LogP contribution in [0.3, 0.4) is 0 Å². The number of nitrogens with zero attached hydrogens (tertiary/aromatic N) is 1. The van der Waals surface area contributed by atoms with E-state index in [-0.39, 0.29) is 12.4 Å². The molecule has 0 spiro atoms. The summed E-state index contributed by atoms with van der Waals surface area (Å²) in [7, 11) is 0. The van der Waals surface area contributed by atoms with Gasteiger partial charge in [0.1, 0.15) is 5.82 Å². The molecule has 0 atom stereocenters. The van der Waals surface area contributed by atoms with Crippen LogP contribution in [0.1, 0.15) is 15.4 Å². The summed E-state index contributed by atoms with van der Waals surface area (Å²) in [6.07, 6.45) is 0.575. The Bertz CT molecular complexity index is 536. The second kappa shape index (κ2) is 4.94. The number of aliphatic hydroxyl groups is 1. The van der Waals surface area contributed by atoms with Gasteiger partial charge in [-0.15, -0.1) is 11.3 Å². The van der Waals surface area contributed by atoms with E-state index < -0.39 is 0 Å². The van der Waals surface area contributed by atoms with E-state index in [1.54, 1.807) is 30.4 Å². The predicted molar refractivity (Wildman–Crippen MR) is 67.8 cm³/mol. The van der Waals surface area contributed by atoms with E-state index in [9.17, 15) is 4.39 Å². The van der Waals surface area contributed by atoms with Gasteiger partial charge in [0.25, 0.3) is 0 Å². The Hall–Kier alpha value is -1.26. The molecule has 0 fully saturated rings. The molecule has 0 aliphatic heterocycles. The molecule has 0 bridgehead atoms. The molecule has 1 aromatic heterocycles. The molecule has 2 rings (SSSR count). The van der Waals surface area contributed by atoms with Gasteiger partial charge >= 0.3 is 0 Å². The molecular weight excluding hydrogens is 237 g/mol. The Morgan fingerprint density at radius 1 is 1.35 bits per heavy atom. The van der Waals surface area contributed by atoms with Gasteiger partial charge < -0.3 is 5.11 Å². The van der Waals surface area contributed by atoms with Gasteiger partial charge in [-0.1, -0.05) is 0 Å². The Morgan fingerprint density at radius 2 is 2.12 bits per heavy atom. The third kappa shape index (κ3) is 2.53. The Balaban J connectivity index is 2.41. The molecule has 0 radical (unpaired) electrons. The van der Waals surface area contributed by atoms with Crippen LogP contribution in [0.5, 0.6) is 0 Å². The number of halogens is 1. The molecule has 1 aromatic carbocycles. The maximum Gasteiger partial charge on any atom is 0.126 e. The average Bonchev–Trinajstić information content (AvgIpc) is 2.64. The van der Waals surface area contributed by atoms with Crippen molar-refractivity contribution in [3.63, 3.8) is 0 Å². The largest absolute Gasteiger partial charge is 0.396 e. The first-order chi connectivity index (χ1) is 8.11. The summed E-state index contributed by atoms with van der Waals surface area (Å²) in [4.78, 5) is 5.57. The number of rotatable bonds is 3. The molecule has 0 unspecified atom stereocenters. The molecule has 1 N–H and O–H groups in total. The third-order valence-corrected chi connectivity index (χ3v) is 3.63. The zero-order valence-electron chi connectivity index (χ0n) is 9.83. The standard InChI is InChI=1S/C13H14FNOS/c1-8-7-10(3-4-11(8)14)13-9(2)17-12(15-13)5-6-16/h3-4,7,16H,5-6H2,1-2H3. The minimum atomic E-state index is -0.197. The molecule has 0 aliphatic rings. The topological polar surface area (TPSA) is 33.1 Å². The highest BCUT2D eigenvalue weighted by molar-refractivity contribution is 7.12. The molecule has 0 saturated heterocycles. The smallest absolute Gasteiger partial charge is 0.126 e. The van der Waals surface area contributed by atoms with Crippen LogP contribution in [0, 0.1) is 19.7 Å². The van der Waals surface area contributed by atoms with E-state index >= 15 is 0 Å². The highest BCUT2D eigenvalue weighted by Crippen LogP contribution is 2.28. The summed E-state index contributed by atoms with van der Waals surface area (Å²) in [5.74, 6) is -0.197. The van der Waals surface area contributed by atoms with Crippen LogP contribution in [0.2, 0.25) is 0 Å². The van der Waals surface area contributed by atoms with Crippen molar-refractivity contribution < 1.29 is 9.50 Å². The van der Waals surface area contributed by atoms with Crippen LogP contribution in [-0.4, -0.2) is 16.7 Å². The second-order valence-electron chi connectivity index (χ2n) is 3.95. The molecular formula is C13H14FNOS. The quantitative estimate of drug-likeness (QED) is 0.909. The molecule has 2 nitrogen and oxygen atoms in total. The van der Waals surface area contributed by atoms with Crippen molar-refractivity contribution >= 4 is 11.3 Å². The first kappa shape index (κ1) is 12.2. The number of aromatic nitrogens is 1. The monoisotopic (exact) mass is 251 g/mol. The van der Waals surface area contributed by atoms with E-state index in [0.717, 1.165) is 21.1 Å². The van der Waals surface area contributed by atoms with Crippen LogP contribution >= 0.6 is 11.3 Å². The van der Waals surface area contributed by atoms with Crippen molar-refractivity contribution in [2.24, 2.45) is 0 Å². The summed E-state index contributed by atoms with van der Waals surface area (Å²) in [5.41, 5.74) is 2.45. The van der Waals surface area contributed by atoms with E-state index in [1.807, 2.05) is 6.92 Å². The van der Waals surface area contributed by atoms with Gasteiger partial charge in [0.15, 0.2) is 0 Å². The van der Waals surface area contributed by atoms with Gasteiger partial charge in [0.05, 0.1) is 10.7 Å². The lowest BCUT2D eigenvalue weighted by atomic mass is 10.1. The number of benzene rings is 1. The first-order valence-corrected chi connectivity index (χ1v) is 6.27. The zero-order chi connectivity index (χ0) is 12.4. The molecule has 2 aromatic rings. The lowest BCUT2D eigenvalue weighted by Crippen LogP contribution is -1.90. The summed E-state index contributed by atoms with van der Waals surface area (Å²) >= 11 is 1.58. The highest BCUT2D eigenvalue weighted by Gasteiger charge is 2.10. The molecule has 0 aliphatic carbocycles. The van der Waals surface area contributed by atoms with Gasteiger partial charge in [-0.2, -0.15) is 0 Å². The van der Waals surface area contributed by atoms with E-state index in [2.05, 4.69) is 4.98 Å². The summed E-state index contributed by atoms with van der Waals surface area (Å²) in [6.45, 7) is 3.84. The SMILES string of the molecule is Cc1cc(-c2nc(CCO)sc2C)ccc1F. The number of hydrogen-bond donors (Lipinski definition) is 1. The number of aliphatic hydroxyl groups excluding tert-OH is 1. The molecule has 1 heterocycles. The maximum atomic E-state index is 13.2. The fraction of sp³-hybridized carbons (Fsp3) is 0.308. The highest BCUT2D eigenvalue weighted by atomic mass is 32.1. The average molecular weight is 251 g/mol. The summed E-state index contributed by atoms with van der Waals surface area (Å²) < 4.78 is 13.2. The molecule has 0 saturated carbocycles. The van der Waals surface area contributed by atoms with Crippen LogP contribution in [0.15, 0.2) is 18.2 Å². The minimum Gasteiger partial charge on any atom is -0.396 e. The maximum absolute atomic E-state index is 13.2. The fourth-order valence-electron chi connectivity index (χ4n) is 1.71. The Morgan fingerprint density at radius 3 is 2.76 bits per heavy atom. The first-order valence-electron chi connectivity index (χ1n) is 5.45. The van der Waals surface area contributed by atoms with Gasteiger partial charge in [0, 0.05) is 23.5 Å². The van der Waals surface area contributed by atoms with Crippen LogP contribution < -0.4 is 0 Å². The molecule has 0 amide bonds. The van der Waals surface area contributed by atoms with Gasteiger partial charge in [-0.3, -0.25) is 0 Å². The van der Waals surface area contributed by atoms with Gasteiger partial charge in [0.2, 0.25) is 0 Å². The van der Waals surface area contributed by atoms with Crippen LogP contribution in [0.25, 0.3) is 11.3 Å². The van der Waals surface area contributed by atoms with Crippen molar-refractivity contribution in [1.29, 1.82) is 0 Å². The van der Waals surface area contributed by atoms with E-state index in [4.69, 9.17) is 5.11 Å². The lowest BCUT2D eigenvalue weighted by molar-refractivity contribution is 0.299. The molecule has 90 valence electrons. The Kier molecular flexibility index (Phi) is 3.54. The molecule has 4 heteroatoms. The zero-order valence-corrected chi connectivity index (χ0v) is 10.6. The van der Waals surface area contributed by atoms with Crippen LogP contribution in [-0.2, 0) is 6.42 Å². The summed E-state index contributed by atoms with van der Waals surface area (Å²) in [6, 6.07) is 5.02. The Labute approximate surface area is 104 Å². The van der Waals surface area contributed by atoms with Crippen molar-refractivity contribution in [1.82, 2.24) is 4.98 Å². The normalized spacial score (nSPS) is 10.8. The van der Waals surface area contributed by atoms with E-state index in [1.165, 1.54) is 6.07 Å². The number of hydrogen-bond acceptors (Lipinski definition) is 3. The third-order valence-electron chi connectivity index (χ3n) is 2.60. The van der Waals surface area contributed by atoms with E-state index in [0.29, 0.717) is 12.0 Å². The minimum absolute atomic E-state index is 0.106. The second-order valence-corrected chi connectivity index (χ2v) is 5.24. The summed E-state index contributed by atoms with van der Waals surface area (Å²) in [5, 5.41) is 9.81. The lowest BCUT2D eigenvalue weighted by Gasteiger charge is -2.01. The number of thiazole rings is 1. The van der Waals surface area contributed by atoms with Crippen molar-refractivity contribution in [3.05, 3.63) is 39.5 Å². The van der Waals surface area contributed by atoms with Crippen molar-refractivity contribution in [2.75, 3.05) is 6.61 Å². The predicted octanol–water partition coefficient (Wildman–Crippen LogP) is 3.10.